The first-order valence-corrected chi connectivity index (χ1v) is 7.56. The second kappa shape index (κ2) is 6.10. The Morgan fingerprint density at radius 3 is 2.71 bits per heavy atom. The molecule has 100 valence electrons. The van der Waals surface area contributed by atoms with Crippen molar-refractivity contribution in [3.05, 3.63) is 0 Å². The number of nitrogens with zero attached hydrogens (tertiary/aromatic N) is 1. The fourth-order valence-corrected chi connectivity index (χ4v) is 3.82. The van der Waals surface area contributed by atoms with Crippen LogP contribution in [0.5, 0.6) is 0 Å². The largest absolute Gasteiger partial charge is 0.481 e. The summed E-state index contributed by atoms with van der Waals surface area (Å²) in [6.07, 6.45) is 1.18. The van der Waals surface area contributed by atoms with Gasteiger partial charge in [0.15, 0.2) is 0 Å². The van der Waals surface area contributed by atoms with E-state index in [1.54, 1.807) is 6.92 Å². The van der Waals surface area contributed by atoms with Crippen molar-refractivity contribution in [1.82, 2.24) is 4.90 Å². The van der Waals surface area contributed by atoms with E-state index in [2.05, 4.69) is 25.7 Å². The molecule has 3 nitrogen and oxygen atoms in total. The second-order valence-corrected chi connectivity index (χ2v) is 6.89. The summed E-state index contributed by atoms with van der Waals surface area (Å²) in [5.74, 6) is 1.40. The molecule has 1 heterocycles. The molecule has 17 heavy (non-hydrogen) atoms. The van der Waals surface area contributed by atoms with Crippen molar-refractivity contribution < 1.29 is 9.90 Å². The summed E-state index contributed by atoms with van der Waals surface area (Å²) in [7, 11) is 0. The van der Waals surface area contributed by atoms with Gasteiger partial charge in [0.1, 0.15) is 0 Å². The third-order valence-electron chi connectivity index (χ3n) is 3.44. The summed E-state index contributed by atoms with van der Waals surface area (Å²) in [6, 6.07) is 0.538. The van der Waals surface area contributed by atoms with E-state index in [1.807, 2.05) is 11.8 Å². The summed E-state index contributed by atoms with van der Waals surface area (Å²) in [6.45, 7) is 10.2. The Bertz CT molecular complexity index is 268. The zero-order valence-electron chi connectivity index (χ0n) is 11.4. The molecule has 0 saturated carbocycles. The van der Waals surface area contributed by atoms with Gasteiger partial charge in [0.2, 0.25) is 0 Å². The molecule has 1 saturated heterocycles. The van der Waals surface area contributed by atoms with Crippen LogP contribution in [0.2, 0.25) is 0 Å². The van der Waals surface area contributed by atoms with Crippen LogP contribution in [0.25, 0.3) is 0 Å². The lowest BCUT2D eigenvalue weighted by atomic mass is 9.87. The smallest absolute Gasteiger partial charge is 0.307 e. The fourth-order valence-electron chi connectivity index (χ4n) is 2.43. The first-order chi connectivity index (χ1) is 7.85. The van der Waals surface area contributed by atoms with E-state index < -0.39 is 5.97 Å². The van der Waals surface area contributed by atoms with E-state index in [0.717, 1.165) is 12.3 Å². The predicted octanol–water partition coefficient (Wildman–Crippen LogP) is 2.56. The first kappa shape index (κ1) is 14.8. The van der Waals surface area contributed by atoms with Crippen molar-refractivity contribution in [1.29, 1.82) is 0 Å². The highest BCUT2D eigenvalue weighted by Crippen LogP contribution is 2.35. The van der Waals surface area contributed by atoms with Gasteiger partial charge < -0.3 is 5.11 Å². The van der Waals surface area contributed by atoms with Crippen LogP contribution in [-0.2, 0) is 4.79 Å². The van der Waals surface area contributed by atoms with E-state index in [-0.39, 0.29) is 5.92 Å². The molecule has 0 bridgehead atoms. The Labute approximate surface area is 109 Å². The lowest BCUT2D eigenvalue weighted by Gasteiger charge is -2.41. The molecule has 0 aromatic heterocycles. The van der Waals surface area contributed by atoms with Gasteiger partial charge >= 0.3 is 5.97 Å². The van der Waals surface area contributed by atoms with Gasteiger partial charge in [0.25, 0.3) is 0 Å². The fraction of sp³-hybridized carbons (Fsp3) is 0.923. The minimum absolute atomic E-state index is 0.273. The number of rotatable bonds is 5. The molecule has 0 aromatic carbocycles. The Morgan fingerprint density at radius 2 is 2.24 bits per heavy atom. The average molecular weight is 259 g/mol. The maximum absolute atomic E-state index is 10.9. The minimum atomic E-state index is -0.689. The third-order valence-corrected chi connectivity index (χ3v) is 5.05. The third kappa shape index (κ3) is 4.51. The summed E-state index contributed by atoms with van der Waals surface area (Å²) < 4.78 is 0. The molecule has 1 N–H and O–H groups in total. The van der Waals surface area contributed by atoms with Gasteiger partial charge in [-0.25, -0.2) is 0 Å². The van der Waals surface area contributed by atoms with Crippen molar-refractivity contribution >= 4 is 17.7 Å². The highest BCUT2D eigenvalue weighted by Gasteiger charge is 2.32. The molecule has 0 radical (unpaired) electrons. The van der Waals surface area contributed by atoms with Crippen LogP contribution in [0.15, 0.2) is 0 Å². The van der Waals surface area contributed by atoms with Crippen LogP contribution in [0, 0.1) is 11.3 Å². The van der Waals surface area contributed by atoms with E-state index >= 15 is 0 Å². The molecule has 0 spiro atoms. The molecule has 0 aliphatic carbocycles. The molecule has 2 atom stereocenters. The van der Waals surface area contributed by atoms with Crippen LogP contribution in [0.3, 0.4) is 0 Å². The molecule has 1 aliphatic rings. The van der Waals surface area contributed by atoms with Crippen molar-refractivity contribution in [3.63, 3.8) is 0 Å². The molecule has 1 aliphatic heterocycles. The molecule has 0 aromatic rings. The van der Waals surface area contributed by atoms with Gasteiger partial charge in [0.05, 0.1) is 5.92 Å². The normalized spacial score (nSPS) is 25.8. The zero-order valence-corrected chi connectivity index (χ0v) is 12.2. The first-order valence-electron chi connectivity index (χ1n) is 6.40. The SMILES string of the molecule is CCN(CC(C)C(=O)O)C1CSCC(C)(C)C1. The van der Waals surface area contributed by atoms with Crippen molar-refractivity contribution in [2.75, 3.05) is 24.6 Å². The highest BCUT2D eigenvalue weighted by atomic mass is 32.2. The second-order valence-electron chi connectivity index (χ2n) is 5.86. The summed E-state index contributed by atoms with van der Waals surface area (Å²) in [5.41, 5.74) is 0.382. The number of aliphatic carboxylic acids is 1. The Balaban J connectivity index is 2.58. The maximum Gasteiger partial charge on any atom is 0.307 e. The quantitative estimate of drug-likeness (QED) is 0.824. The number of thioether (sulfide) groups is 1. The molecule has 1 fully saturated rings. The Morgan fingerprint density at radius 1 is 1.59 bits per heavy atom. The molecule has 0 amide bonds. The van der Waals surface area contributed by atoms with Crippen molar-refractivity contribution in [2.45, 2.75) is 40.2 Å². The number of hydrogen-bond acceptors (Lipinski definition) is 3. The van der Waals surface area contributed by atoms with Crippen LogP contribution < -0.4 is 0 Å². The zero-order chi connectivity index (χ0) is 13.1. The maximum atomic E-state index is 10.9. The molecular weight excluding hydrogens is 234 g/mol. The molecule has 4 heteroatoms. The lowest BCUT2D eigenvalue weighted by Crippen LogP contribution is -2.46. The van der Waals surface area contributed by atoms with E-state index in [1.165, 1.54) is 12.2 Å². The van der Waals surface area contributed by atoms with Gasteiger partial charge in [-0.2, -0.15) is 11.8 Å². The van der Waals surface area contributed by atoms with Gasteiger partial charge in [-0.05, 0) is 24.1 Å². The van der Waals surface area contributed by atoms with Crippen molar-refractivity contribution in [3.8, 4) is 0 Å². The van der Waals surface area contributed by atoms with Gasteiger partial charge in [0, 0.05) is 18.3 Å². The summed E-state index contributed by atoms with van der Waals surface area (Å²) >= 11 is 2.00. The summed E-state index contributed by atoms with van der Waals surface area (Å²) in [5, 5.41) is 9.00. The van der Waals surface area contributed by atoms with E-state index in [4.69, 9.17) is 5.11 Å². The molecular formula is C13H25NO2S. The van der Waals surface area contributed by atoms with Gasteiger partial charge in [-0.1, -0.05) is 27.7 Å². The number of carboxylic acids is 1. The van der Waals surface area contributed by atoms with Gasteiger partial charge in [-0.15, -0.1) is 0 Å². The predicted molar refractivity (Wildman–Crippen MR) is 73.6 cm³/mol. The average Bonchev–Trinajstić information content (AvgIpc) is 2.23. The molecule has 2 unspecified atom stereocenters. The molecule has 1 rings (SSSR count). The van der Waals surface area contributed by atoms with Gasteiger partial charge in [-0.3, -0.25) is 9.69 Å². The summed E-state index contributed by atoms with van der Waals surface area (Å²) in [4.78, 5) is 13.3. The highest BCUT2D eigenvalue weighted by molar-refractivity contribution is 7.99. The van der Waals surface area contributed by atoms with Crippen LogP contribution in [0.4, 0.5) is 0 Å². The van der Waals surface area contributed by atoms with Crippen LogP contribution in [0.1, 0.15) is 34.1 Å². The Kier molecular flexibility index (Phi) is 5.32. The standard InChI is InChI=1S/C13H25NO2S/c1-5-14(7-10(2)12(15)16)11-6-13(3,4)9-17-8-11/h10-11H,5-9H2,1-4H3,(H,15,16). The number of carboxylic acid groups (broad SMARTS) is 1. The topological polar surface area (TPSA) is 40.5 Å². The van der Waals surface area contributed by atoms with Crippen molar-refractivity contribution in [2.24, 2.45) is 11.3 Å². The minimum Gasteiger partial charge on any atom is -0.481 e. The monoisotopic (exact) mass is 259 g/mol. The number of hydrogen-bond donors (Lipinski definition) is 1. The number of carbonyl (C=O) groups is 1. The van der Waals surface area contributed by atoms with Crippen LogP contribution >= 0.6 is 11.8 Å². The Hall–Kier alpha value is -0.220. The van der Waals surface area contributed by atoms with Crippen LogP contribution in [-0.4, -0.2) is 46.6 Å². The van der Waals surface area contributed by atoms with E-state index in [0.29, 0.717) is 18.0 Å². The van der Waals surface area contributed by atoms with E-state index in [9.17, 15) is 4.79 Å². The lowest BCUT2D eigenvalue weighted by molar-refractivity contribution is -0.141.